The normalized spacial score (nSPS) is 23.2. The number of piperidine rings is 3. The molecule has 15 atom stereocenters. The summed E-state index contributed by atoms with van der Waals surface area (Å²) >= 11 is 0. The summed E-state index contributed by atoms with van der Waals surface area (Å²) in [6.07, 6.45) is 20.6. The first-order valence-electron chi connectivity index (χ1n) is 40.5. The van der Waals surface area contributed by atoms with E-state index in [9.17, 15) is 53.1 Å². The average molecular weight is 1660 g/mol. The van der Waals surface area contributed by atoms with Crippen LogP contribution in [0.15, 0.2) is 132 Å². The molecule has 8 bridgehead atoms. The number of amides is 2. The number of Topliss-reactive ketones (excluding diaryl/α,β-unsaturated/α-hetero) is 2. The molecular formula is C89H135LiN6O23. The number of aliphatic hydroxyl groups is 2. The van der Waals surface area contributed by atoms with Gasteiger partial charge in [-0.05, 0) is 237 Å². The summed E-state index contributed by atoms with van der Waals surface area (Å²) in [5, 5.41) is 28.2. The smallest absolute Gasteiger partial charge is 0.870 e. The summed E-state index contributed by atoms with van der Waals surface area (Å²) in [5.74, 6) is -0.779. The van der Waals surface area contributed by atoms with Crippen LogP contribution in [-0.2, 0) is 66.7 Å². The minimum Gasteiger partial charge on any atom is -0.870 e. The van der Waals surface area contributed by atoms with Gasteiger partial charge in [0.2, 0.25) is 6.29 Å². The van der Waals surface area contributed by atoms with Crippen LogP contribution in [0.5, 0.6) is 0 Å². The van der Waals surface area contributed by atoms with Gasteiger partial charge in [0.15, 0.2) is 11.6 Å². The number of allylic oxidation sites excluding steroid dienone is 4. The van der Waals surface area contributed by atoms with E-state index in [-0.39, 0.29) is 108 Å². The molecule has 5 aliphatic carbocycles. The summed E-state index contributed by atoms with van der Waals surface area (Å²) < 4.78 is 39.9. The van der Waals surface area contributed by atoms with E-state index in [4.69, 9.17) is 49.1 Å². The van der Waals surface area contributed by atoms with Crippen molar-refractivity contribution in [1.82, 2.24) is 20.0 Å². The average Bonchev–Trinajstić information content (AvgIpc) is 1.62. The molecule has 0 spiro atoms. The number of carboxylic acids is 1. The molecule has 12 rings (SSSR count). The van der Waals surface area contributed by atoms with E-state index < -0.39 is 77.0 Å². The molecule has 8 unspecified atom stereocenters. The van der Waals surface area contributed by atoms with Crippen molar-refractivity contribution >= 4 is 66.2 Å². The van der Waals surface area contributed by atoms with Gasteiger partial charge in [-0.2, -0.15) is 0 Å². The number of rotatable bonds is 14. The number of hydrogen-bond donors (Lipinski definition) is 5. The molecule has 3 aromatic rings. The number of carbonyl (C=O) groups excluding carboxylic acids is 9. The third-order valence-electron chi connectivity index (χ3n) is 19.6. The first kappa shape index (κ1) is 108. The van der Waals surface area contributed by atoms with Gasteiger partial charge < -0.3 is 75.2 Å². The molecule has 29 nitrogen and oxygen atoms in total. The molecule has 9 aliphatic rings. The second kappa shape index (κ2) is 51.9. The Labute approximate surface area is 716 Å². The minimum atomic E-state index is -1.79. The van der Waals surface area contributed by atoms with Crippen LogP contribution in [0.1, 0.15) is 244 Å². The quantitative estimate of drug-likeness (QED) is 0.0190. The molecule has 3 aromatic carbocycles. The Balaban J connectivity index is 0.000000683. The molecule has 9 N–H and O–H groups in total. The van der Waals surface area contributed by atoms with Crippen LogP contribution in [0.4, 0.5) is 19.2 Å². The van der Waals surface area contributed by atoms with E-state index in [1.165, 1.54) is 48.4 Å². The fourth-order valence-corrected chi connectivity index (χ4v) is 14.7. The van der Waals surface area contributed by atoms with Crippen molar-refractivity contribution in [3.63, 3.8) is 0 Å². The minimum absolute atomic E-state index is 0. The number of ketones is 2. The second-order valence-corrected chi connectivity index (χ2v) is 33.7. The number of aliphatic imine (C=N–C) groups is 1. The largest absolute Gasteiger partial charge is 1.00 e. The van der Waals surface area contributed by atoms with Gasteiger partial charge in [-0.25, -0.2) is 28.8 Å². The second-order valence-electron chi connectivity index (χ2n) is 33.7. The van der Waals surface area contributed by atoms with Crippen LogP contribution in [0.25, 0.3) is 0 Å². The maximum atomic E-state index is 12.3. The fourth-order valence-electron chi connectivity index (χ4n) is 14.7. The molecular weight excluding hydrogens is 1530 g/mol. The monoisotopic (exact) mass is 1660 g/mol. The van der Waals surface area contributed by atoms with E-state index in [2.05, 4.69) is 87.6 Å². The van der Waals surface area contributed by atoms with Crippen LogP contribution in [-0.4, -0.2) is 204 Å². The van der Waals surface area contributed by atoms with Crippen molar-refractivity contribution in [2.45, 2.75) is 304 Å². The molecule has 0 radical (unpaired) electrons. The van der Waals surface area contributed by atoms with E-state index in [0.29, 0.717) is 43.7 Å². The number of aliphatic hydroxyl groups excluding tert-OH is 1. The number of nitrogens with one attached hydrogen (secondary N) is 1. The van der Waals surface area contributed by atoms with Crippen molar-refractivity contribution < 1.29 is 131 Å². The van der Waals surface area contributed by atoms with Crippen LogP contribution in [0.3, 0.4) is 0 Å². The zero-order valence-electron chi connectivity index (χ0n) is 73.8. The Kier molecular flexibility index (Phi) is 47.2. The zero-order chi connectivity index (χ0) is 87.0. The summed E-state index contributed by atoms with van der Waals surface area (Å²) in [6, 6.07) is 30.7. The summed E-state index contributed by atoms with van der Waals surface area (Å²) in [6.45, 7) is 36.4. The number of carbonyl (C=O) groups is 10. The van der Waals surface area contributed by atoms with Crippen molar-refractivity contribution in [3.05, 3.63) is 144 Å². The number of ether oxygens (including phenoxy) is 8. The van der Waals surface area contributed by atoms with Crippen LogP contribution < -0.4 is 29.9 Å². The summed E-state index contributed by atoms with van der Waals surface area (Å²) in [5.41, 5.74) is 6.67. The SMILES string of the molecule is C1=CCC=C1.CC(=O)C(O)O.CC(=O)C=N[C@H](C)c1ccccc1.CC(C)(C)OC(=O)N1C2CCC(C2)[C@H]1C(=O)O.CC(C)(C)OC(=O)OC(=O)OC(C)(C)C.CCOC(=O)[C@@H]1C2C=CC(C2)N1[C@H](C)c1ccccc1.CCOC(=O)[C@@H]1C2CCC(C2)N1C(=O)OC(C)(C)C.CCOC(=O)[C@H]1NC2CCC1C2.C[C@@H](N)c1ccccc1.O.[Li+].[OH-]. The molecule has 4 aliphatic heterocycles. The summed E-state index contributed by atoms with van der Waals surface area (Å²) in [7, 11) is 0. The van der Waals surface area contributed by atoms with Crippen molar-refractivity contribution in [1.29, 1.82) is 0 Å². The predicted molar refractivity (Wildman–Crippen MR) is 447 cm³/mol. The van der Waals surface area contributed by atoms with Gasteiger partial charge in [0.1, 0.15) is 46.6 Å². The number of esters is 3. The fraction of sp³-hybridized carbons (Fsp3) is 0.607. The van der Waals surface area contributed by atoms with Gasteiger partial charge in [0.25, 0.3) is 0 Å². The Morgan fingerprint density at radius 1 is 0.538 bits per heavy atom. The summed E-state index contributed by atoms with van der Waals surface area (Å²) in [4.78, 5) is 123. The number of nitrogens with two attached hydrogens (primary N) is 1. The van der Waals surface area contributed by atoms with Crippen molar-refractivity contribution in [3.8, 4) is 0 Å². The van der Waals surface area contributed by atoms with Crippen LogP contribution in [0.2, 0.25) is 0 Å². The molecule has 660 valence electrons. The number of nitrogens with zero attached hydrogens (tertiary/aromatic N) is 4. The molecule has 119 heavy (non-hydrogen) atoms. The third-order valence-corrected chi connectivity index (χ3v) is 19.6. The van der Waals surface area contributed by atoms with Gasteiger partial charge in [0.05, 0.1) is 32.1 Å². The maximum absolute atomic E-state index is 12.3. The van der Waals surface area contributed by atoms with Gasteiger partial charge in [0, 0.05) is 49.1 Å². The predicted octanol–water partition coefficient (Wildman–Crippen LogP) is 11.2. The molecule has 3 saturated carbocycles. The van der Waals surface area contributed by atoms with Gasteiger partial charge in [-0.1, -0.05) is 127 Å². The van der Waals surface area contributed by atoms with E-state index in [0.717, 1.165) is 63.9 Å². The first-order valence-corrected chi connectivity index (χ1v) is 40.5. The Morgan fingerprint density at radius 2 is 0.941 bits per heavy atom. The van der Waals surface area contributed by atoms with E-state index in [1.54, 1.807) is 74.1 Å². The first-order chi connectivity index (χ1) is 54.3. The molecule has 0 aromatic heterocycles. The van der Waals surface area contributed by atoms with Crippen LogP contribution in [0, 0.1) is 23.7 Å². The van der Waals surface area contributed by atoms with E-state index in [1.807, 2.05) is 115 Å². The Bertz CT molecular complexity index is 3700. The van der Waals surface area contributed by atoms with Crippen molar-refractivity contribution in [2.75, 3.05) is 19.8 Å². The topological polar surface area (TPSA) is 427 Å². The Hall–Kier alpha value is -8.63. The van der Waals surface area contributed by atoms with Crippen LogP contribution >= 0.6 is 0 Å². The number of hydrogen-bond acceptors (Lipinski definition) is 25. The Morgan fingerprint density at radius 3 is 1.30 bits per heavy atom. The molecule has 2 amide bonds. The number of fused-ring (bicyclic) bond motifs is 8. The number of benzene rings is 3. The standard InChI is InChI=1S/C17H21NO2.C14H23NO4.C12H19NO4.C11H13NO.C10H18O5.C9H15NO2.C8H11N.C5H6.C3H6O3.Li.2H2O/c1-3-20-17(19)16-14-9-10-15(11-14)18(16)12(2)13-7-5-4-6-8-13;1-5-18-12(16)11-9-6-7-10(8-9)15(11)13(17)19-14(2,3)4;1-12(2,3)17-11(16)13-8-5-4-7(6-8)9(13)10(14)15;1-9(13)8-12-10(2)11-6-4-3-5-7-11;1-9(2,3)14-7(11)13-8(12)15-10(4,5)6;1-2-12-9(11)8-6-3-4-7(5-6)10-8;1-7(9)8-5-3-2-4-6-8;1-2-4-5-3-1;1-2(4)3(5)6;;;/h4-10,12,14-16H,3,11H2,1-2H3;9-11H,5-8H2,1-4H3;7-9H,4-6H2,1-3H3,(H,14,15);3-8,10H,1-2H3;1-6H3;6-8,10H,2-5H2,1H3;2-7H,9H2,1H3;1-4H,5H2;3,5-6H,1H3;;2*1H2/q;;;;;;;;;+1;;/p-1/t12-,14?,15?,16+;9?,10?,11-;7?,8?,9-;10-;;6?,7?,8-;7-;;;;;/m1001.01...../s1. The number of carboxylic acid groups (broad SMARTS) is 1. The van der Waals surface area contributed by atoms with Gasteiger partial charge in [-0.3, -0.25) is 38.9 Å². The molecule has 4 heterocycles. The van der Waals surface area contributed by atoms with E-state index >= 15 is 0 Å². The molecule has 7 fully saturated rings. The van der Waals surface area contributed by atoms with Crippen molar-refractivity contribution in [2.24, 2.45) is 34.4 Å². The maximum Gasteiger partial charge on any atom is 1.00 e. The zero-order valence-corrected chi connectivity index (χ0v) is 73.8. The number of aliphatic carboxylic acids is 1. The molecule has 4 saturated heterocycles. The molecule has 30 heteroatoms. The number of likely N-dealkylation sites (tertiary alicyclic amines) is 3. The van der Waals surface area contributed by atoms with Gasteiger partial charge in [-0.15, -0.1) is 0 Å². The third kappa shape index (κ3) is 37.9. The van der Waals surface area contributed by atoms with Gasteiger partial charge >= 0.3 is 67.2 Å².